The van der Waals surface area contributed by atoms with Crippen LogP contribution in [0.4, 0.5) is 5.69 Å². The van der Waals surface area contributed by atoms with E-state index in [-0.39, 0.29) is 11.3 Å². The smallest absolute Gasteiger partial charge is 0.308 e. The number of carboxylic acids is 1. The molecule has 1 aromatic rings. The highest BCUT2D eigenvalue weighted by molar-refractivity contribution is 9.10. The minimum atomic E-state index is -1.14. The number of benzene rings is 1. The third-order valence-corrected chi connectivity index (χ3v) is 2.80. The van der Waals surface area contributed by atoms with Gasteiger partial charge in [-0.2, -0.15) is 0 Å². The van der Waals surface area contributed by atoms with Crippen molar-refractivity contribution in [2.75, 3.05) is 7.11 Å². The second-order valence-corrected chi connectivity index (χ2v) is 3.70. The Morgan fingerprint density at radius 2 is 2.25 bits per heavy atom. The predicted octanol–water partition coefficient (Wildman–Crippen LogP) is 1.99. The number of ether oxygens (including phenoxy) is 1. The molecule has 86 valence electrons. The average Bonchev–Trinajstić information content (AvgIpc) is 2.19. The Hall–Kier alpha value is -1.63. The standard InChI is InChI=1S/C9H8BrNO5/c1-16-7-3-2-6(11(14)15)5(9(7)10)4-8(12)13/h2-3H,4H2,1H3,(H,12,13). The van der Waals surface area contributed by atoms with E-state index in [0.29, 0.717) is 10.2 Å². The molecule has 0 saturated carbocycles. The van der Waals surface area contributed by atoms with Crippen molar-refractivity contribution >= 4 is 27.6 Å². The van der Waals surface area contributed by atoms with Gasteiger partial charge in [0.2, 0.25) is 0 Å². The van der Waals surface area contributed by atoms with Crippen molar-refractivity contribution in [3.8, 4) is 5.75 Å². The van der Waals surface area contributed by atoms with Gasteiger partial charge in [0.15, 0.2) is 0 Å². The Labute approximate surface area is 99.1 Å². The lowest BCUT2D eigenvalue weighted by Crippen LogP contribution is -2.05. The van der Waals surface area contributed by atoms with Crippen LogP contribution in [0.1, 0.15) is 5.56 Å². The van der Waals surface area contributed by atoms with Gasteiger partial charge >= 0.3 is 5.97 Å². The fourth-order valence-electron chi connectivity index (χ4n) is 1.24. The van der Waals surface area contributed by atoms with Crippen molar-refractivity contribution < 1.29 is 19.6 Å². The van der Waals surface area contributed by atoms with Crippen LogP contribution in [-0.2, 0) is 11.2 Å². The number of nitrogens with zero attached hydrogens (tertiary/aromatic N) is 1. The van der Waals surface area contributed by atoms with Crippen LogP contribution in [0.25, 0.3) is 0 Å². The van der Waals surface area contributed by atoms with Crippen LogP contribution in [0.3, 0.4) is 0 Å². The Morgan fingerprint density at radius 1 is 1.62 bits per heavy atom. The van der Waals surface area contributed by atoms with E-state index in [1.165, 1.54) is 19.2 Å². The molecule has 0 aliphatic heterocycles. The van der Waals surface area contributed by atoms with Gasteiger partial charge in [-0.15, -0.1) is 0 Å². The zero-order valence-corrected chi connectivity index (χ0v) is 9.85. The van der Waals surface area contributed by atoms with Crippen LogP contribution in [0.2, 0.25) is 0 Å². The van der Waals surface area contributed by atoms with E-state index >= 15 is 0 Å². The van der Waals surface area contributed by atoms with Gasteiger partial charge in [-0.3, -0.25) is 14.9 Å². The molecule has 16 heavy (non-hydrogen) atoms. The fourth-order valence-corrected chi connectivity index (χ4v) is 1.87. The normalized spacial score (nSPS) is 9.88. The maximum atomic E-state index is 10.7. The number of nitro benzene ring substituents is 1. The number of hydrogen-bond acceptors (Lipinski definition) is 4. The SMILES string of the molecule is COc1ccc([N+](=O)[O-])c(CC(=O)O)c1Br. The lowest BCUT2D eigenvalue weighted by atomic mass is 10.1. The third-order valence-electron chi connectivity index (χ3n) is 1.93. The van der Waals surface area contributed by atoms with E-state index in [2.05, 4.69) is 15.9 Å². The van der Waals surface area contributed by atoms with Crippen LogP contribution >= 0.6 is 15.9 Å². The largest absolute Gasteiger partial charge is 0.496 e. The van der Waals surface area contributed by atoms with E-state index in [4.69, 9.17) is 9.84 Å². The van der Waals surface area contributed by atoms with Gasteiger partial charge in [0.1, 0.15) is 5.75 Å². The molecule has 0 bridgehead atoms. The van der Waals surface area contributed by atoms with E-state index < -0.39 is 17.3 Å². The summed E-state index contributed by atoms with van der Waals surface area (Å²) in [4.78, 5) is 20.7. The summed E-state index contributed by atoms with van der Waals surface area (Å²) >= 11 is 3.10. The molecule has 0 spiro atoms. The van der Waals surface area contributed by atoms with Crippen molar-refractivity contribution in [3.63, 3.8) is 0 Å². The van der Waals surface area contributed by atoms with Crippen LogP contribution in [0.15, 0.2) is 16.6 Å². The van der Waals surface area contributed by atoms with E-state index in [1.54, 1.807) is 0 Å². The van der Waals surface area contributed by atoms with Crippen LogP contribution in [0.5, 0.6) is 5.75 Å². The molecular weight excluding hydrogens is 282 g/mol. The summed E-state index contributed by atoms with van der Waals surface area (Å²) in [6.45, 7) is 0. The fraction of sp³-hybridized carbons (Fsp3) is 0.222. The quantitative estimate of drug-likeness (QED) is 0.676. The van der Waals surface area contributed by atoms with Gasteiger partial charge in [0.25, 0.3) is 5.69 Å². The summed E-state index contributed by atoms with van der Waals surface area (Å²) in [6, 6.07) is 2.63. The monoisotopic (exact) mass is 289 g/mol. The second-order valence-electron chi connectivity index (χ2n) is 2.91. The molecule has 0 aromatic heterocycles. The van der Waals surface area contributed by atoms with E-state index in [1.807, 2.05) is 0 Å². The Balaban J connectivity index is 3.36. The zero-order chi connectivity index (χ0) is 12.3. The number of nitro groups is 1. The minimum Gasteiger partial charge on any atom is -0.496 e. The summed E-state index contributed by atoms with van der Waals surface area (Å²) in [6.07, 6.45) is -0.436. The van der Waals surface area contributed by atoms with Gasteiger partial charge in [-0.25, -0.2) is 0 Å². The number of rotatable bonds is 4. The molecule has 0 aliphatic carbocycles. The van der Waals surface area contributed by atoms with E-state index in [9.17, 15) is 14.9 Å². The van der Waals surface area contributed by atoms with Gasteiger partial charge in [0, 0.05) is 6.07 Å². The number of methoxy groups -OCH3 is 1. The number of halogens is 1. The predicted molar refractivity (Wildman–Crippen MR) is 58.7 cm³/mol. The summed E-state index contributed by atoms with van der Waals surface area (Å²) in [5.74, 6) is -0.779. The molecule has 0 unspecified atom stereocenters. The van der Waals surface area contributed by atoms with Crippen LogP contribution < -0.4 is 4.74 Å². The van der Waals surface area contributed by atoms with Gasteiger partial charge in [0.05, 0.1) is 28.5 Å². The average molecular weight is 290 g/mol. The first-order valence-electron chi connectivity index (χ1n) is 4.19. The second kappa shape index (κ2) is 4.93. The molecule has 0 atom stereocenters. The van der Waals surface area contributed by atoms with Crippen molar-refractivity contribution in [1.82, 2.24) is 0 Å². The Kier molecular flexibility index (Phi) is 3.83. The summed E-state index contributed by atoms with van der Waals surface area (Å²) < 4.78 is 5.24. The summed E-state index contributed by atoms with van der Waals surface area (Å²) in [7, 11) is 1.40. The topological polar surface area (TPSA) is 89.7 Å². The molecule has 1 rings (SSSR count). The third kappa shape index (κ3) is 2.48. The molecule has 0 saturated heterocycles. The van der Waals surface area contributed by atoms with Crippen molar-refractivity contribution in [3.05, 3.63) is 32.3 Å². The summed E-state index contributed by atoms with van der Waals surface area (Å²) in [5, 5.41) is 19.4. The molecule has 0 heterocycles. The molecule has 0 amide bonds. The van der Waals surface area contributed by atoms with Crippen LogP contribution in [0, 0.1) is 10.1 Å². The van der Waals surface area contributed by atoms with Crippen molar-refractivity contribution in [2.45, 2.75) is 6.42 Å². The van der Waals surface area contributed by atoms with Gasteiger partial charge < -0.3 is 9.84 Å². The molecule has 0 fully saturated rings. The number of carboxylic acid groups (broad SMARTS) is 1. The highest BCUT2D eigenvalue weighted by Crippen LogP contribution is 2.35. The highest BCUT2D eigenvalue weighted by Gasteiger charge is 2.21. The van der Waals surface area contributed by atoms with Crippen molar-refractivity contribution in [2.24, 2.45) is 0 Å². The molecule has 0 radical (unpaired) electrons. The van der Waals surface area contributed by atoms with Gasteiger partial charge in [-0.05, 0) is 22.0 Å². The first kappa shape index (κ1) is 12.4. The van der Waals surface area contributed by atoms with Crippen LogP contribution in [-0.4, -0.2) is 23.1 Å². The lowest BCUT2D eigenvalue weighted by Gasteiger charge is -2.07. The Morgan fingerprint density at radius 3 is 2.69 bits per heavy atom. The number of carbonyl (C=O) groups is 1. The molecule has 6 nitrogen and oxygen atoms in total. The van der Waals surface area contributed by atoms with E-state index in [0.717, 1.165) is 0 Å². The highest BCUT2D eigenvalue weighted by atomic mass is 79.9. The first-order chi connectivity index (χ1) is 7.47. The molecular formula is C9H8BrNO5. The molecule has 7 heteroatoms. The minimum absolute atomic E-state index is 0.0943. The van der Waals surface area contributed by atoms with Gasteiger partial charge in [-0.1, -0.05) is 0 Å². The molecule has 1 aromatic carbocycles. The molecule has 1 N–H and O–H groups in total. The maximum absolute atomic E-state index is 10.7. The van der Waals surface area contributed by atoms with Crippen molar-refractivity contribution in [1.29, 1.82) is 0 Å². The maximum Gasteiger partial charge on any atom is 0.308 e. The zero-order valence-electron chi connectivity index (χ0n) is 8.27. The lowest BCUT2D eigenvalue weighted by molar-refractivity contribution is -0.385. The first-order valence-corrected chi connectivity index (χ1v) is 4.98. The number of hydrogen-bond donors (Lipinski definition) is 1. The number of aliphatic carboxylic acids is 1. The summed E-state index contributed by atoms with van der Waals surface area (Å²) in [5.41, 5.74) is -0.146. The molecule has 0 aliphatic rings. The Bertz CT molecular complexity index is 446.